The van der Waals surface area contributed by atoms with Crippen LogP contribution in [0.25, 0.3) is 10.8 Å². The van der Waals surface area contributed by atoms with Crippen LogP contribution in [-0.4, -0.2) is 27.9 Å². The number of ether oxygens (including phenoxy) is 1. The SMILES string of the molecule is CCOC(=O)Nc1oc(-c2nccs2)c(O)c1O. The molecule has 0 bridgehead atoms. The Morgan fingerprint density at radius 2 is 2.33 bits per heavy atom. The second kappa shape index (κ2) is 4.96. The van der Waals surface area contributed by atoms with E-state index in [0.717, 1.165) is 0 Å². The normalized spacial score (nSPS) is 10.3. The maximum absolute atomic E-state index is 11.2. The molecular formula is C10H10N2O5S. The van der Waals surface area contributed by atoms with Crippen molar-refractivity contribution in [2.75, 3.05) is 11.9 Å². The van der Waals surface area contributed by atoms with Crippen molar-refractivity contribution < 1.29 is 24.2 Å². The van der Waals surface area contributed by atoms with Gasteiger partial charge >= 0.3 is 6.09 Å². The van der Waals surface area contributed by atoms with Gasteiger partial charge in [-0.2, -0.15) is 0 Å². The number of hydrogen-bond acceptors (Lipinski definition) is 7. The average molecular weight is 270 g/mol. The fourth-order valence-corrected chi connectivity index (χ4v) is 1.86. The number of furan rings is 1. The molecule has 0 spiro atoms. The highest BCUT2D eigenvalue weighted by atomic mass is 32.1. The lowest BCUT2D eigenvalue weighted by Crippen LogP contribution is -2.12. The molecule has 0 saturated carbocycles. The van der Waals surface area contributed by atoms with Crippen LogP contribution in [0.3, 0.4) is 0 Å². The zero-order valence-corrected chi connectivity index (χ0v) is 10.2. The molecule has 18 heavy (non-hydrogen) atoms. The number of nitrogens with one attached hydrogen (secondary N) is 1. The molecule has 0 radical (unpaired) electrons. The zero-order valence-electron chi connectivity index (χ0n) is 9.34. The van der Waals surface area contributed by atoms with Crippen molar-refractivity contribution in [3.05, 3.63) is 11.6 Å². The van der Waals surface area contributed by atoms with Gasteiger partial charge in [0.15, 0.2) is 5.01 Å². The molecular weight excluding hydrogens is 260 g/mol. The summed E-state index contributed by atoms with van der Waals surface area (Å²) in [5, 5.41) is 23.5. The fraction of sp³-hybridized carbons (Fsp3) is 0.200. The molecule has 1 amide bonds. The minimum Gasteiger partial charge on any atom is -0.501 e. The highest BCUT2D eigenvalue weighted by molar-refractivity contribution is 7.13. The minimum atomic E-state index is -0.785. The van der Waals surface area contributed by atoms with E-state index in [0.29, 0.717) is 5.01 Å². The van der Waals surface area contributed by atoms with Crippen LogP contribution < -0.4 is 5.32 Å². The van der Waals surface area contributed by atoms with E-state index < -0.39 is 17.6 Å². The molecule has 2 heterocycles. The Kier molecular flexibility index (Phi) is 3.38. The van der Waals surface area contributed by atoms with Crippen LogP contribution in [0.1, 0.15) is 6.92 Å². The average Bonchev–Trinajstić information content (AvgIpc) is 2.93. The lowest BCUT2D eigenvalue weighted by molar-refractivity contribution is 0.167. The molecule has 2 rings (SSSR count). The van der Waals surface area contributed by atoms with Crippen LogP contribution >= 0.6 is 11.3 Å². The number of amides is 1. The molecule has 3 N–H and O–H groups in total. The van der Waals surface area contributed by atoms with Gasteiger partial charge in [-0.05, 0) is 6.92 Å². The van der Waals surface area contributed by atoms with E-state index in [-0.39, 0.29) is 18.3 Å². The Labute approximate surface area is 106 Å². The van der Waals surface area contributed by atoms with E-state index in [9.17, 15) is 15.0 Å². The third kappa shape index (κ3) is 2.23. The Hall–Kier alpha value is -2.22. The number of thiazole rings is 1. The summed E-state index contributed by atoms with van der Waals surface area (Å²) in [7, 11) is 0. The van der Waals surface area contributed by atoms with E-state index in [1.54, 1.807) is 12.3 Å². The summed E-state index contributed by atoms with van der Waals surface area (Å²) in [4.78, 5) is 15.1. The molecule has 96 valence electrons. The topological polar surface area (TPSA) is 105 Å². The second-order valence-corrected chi connectivity index (χ2v) is 4.03. The maximum atomic E-state index is 11.2. The fourth-order valence-electron chi connectivity index (χ4n) is 1.24. The molecule has 7 nitrogen and oxygen atoms in total. The molecule has 0 aliphatic rings. The van der Waals surface area contributed by atoms with Crippen molar-refractivity contribution in [3.8, 4) is 22.3 Å². The molecule has 2 aromatic heterocycles. The summed E-state index contributed by atoms with van der Waals surface area (Å²) < 4.78 is 9.77. The van der Waals surface area contributed by atoms with Crippen LogP contribution in [0.5, 0.6) is 11.5 Å². The van der Waals surface area contributed by atoms with Gasteiger partial charge in [-0.3, -0.25) is 5.32 Å². The highest BCUT2D eigenvalue weighted by Gasteiger charge is 2.23. The summed E-state index contributed by atoms with van der Waals surface area (Å²) in [6.07, 6.45) is 0.740. The Bertz CT molecular complexity index is 549. The van der Waals surface area contributed by atoms with Gasteiger partial charge in [0.25, 0.3) is 0 Å². The Balaban J connectivity index is 2.28. The van der Waals surface area contributed by atoms with Gasteiger partial charge in [0.2, 0.25) is 23.1 Å². The number of carbonyl (C=O) groups excluding carboxylic acids is 1. The van der Waals surface area contributed by atoms with Gasteiger partial charge in [-0.15, -0.1) is 11.3 Å². The number of nitrogens with zero attached hydrogens (tertiary/aromatic N) is 1. The summed E-state index contributed by atoms with van der Waals surface area (Å²) in [5.74, 6) is -1.32. The molecule has 0 aliphatic carbocycles. The monoisotopic (exact) mass is 270 g/mol. The first-order valence-corrected chi connectivity index (χ1v) is 5.89. The molecule has 0 aliphatic heterocycles. The first kappa shape index (κ1) is 12.2. The van der Waals surface area contributed by atoms with Crippen LogP contribution in [0.15, 0.2) is 16.0 Å². The second-order valence-electron chi connectivity index (χ2n) is 3.14. The molecule has 0 fully saturated rings. The molecule has 0 unspecified atom stereocenters. The van der Waals surface area contributed by atoms with E-state index >= 15 is 0 Å². The van der Waals surface area contributed by atoms with Crippen molar-refractivity contribution in [3.63, 3.8) is 0 Å². The van der Waals surface area contributed by atoms with Crippen molar-refractivity contribution in [2.45, 2.75) is 6.92 Å². The van der Waals surface area contributed by atoms with Gasteiger partial charge in [0.1, 0.15) is 0 Å². The number of hydrogen-bond donors (Lipinski definition) is 3. The number of carbonyl (C=O) groups is 1. The van der Waals surface area contributed by atoms with E-state index in [1.807, 2.05) is 0 Å². The quantitative estimate of drug-likeness (QED) is 0.790. The van der Waals surface area contributed by atoms with Crippen molar-refractivity contribution in [1.82, 2.24) is 4.98 Å². The lowest BCUT2D eigenvalue weighted by atomic mass is 10.4. The van der Waals surface area contributed by atoms with Crippen LogP contribution in [0.2, 0.25) is 0 Å². The van der Waals surface area contributed by atoms with E-state index in [1.165, 1.54) is 17.5 Å². The van der Waals surface area contributed by atoms with Gasteiger partial charge in [0, 0.05) is 11.6 Å². The van der Waals surface area contributed by atoms with E-state index in [2.05, 4.69) is 15.0 Å². The molecule has 2 aromatic rings. The van der Waals surface area contributed by atoms with Crippen molar-refractivity contribution in [1.29, 1.82) is 0 Å². The smallest absolute Gasteiger partial charge is 0.414 e. The third-order valence-electron chi connectivity index (χ3n) is 1.98. The van der Waals surface area contributed by atoms with Gasteiger partial charge in [0.05, 0.1) is 6.61 Å². The van der Waals surface area contributed by atoms with Crippen molar-refractivity contribution in [2.24, 2.45) is 0 Å². The summed E-state index contributed by atoms with van der Waals surface area (Å²) in [6, 6.07) is 0. The lowest BCUT2D eigenvalue weighted by Gasteiger charge is -2.01. The predicted octanol–water partition coefficient (Wildman–Crippen LogP) is 2.38. The van der Waals surface area contributed by atoms with Gasteiger partial charge in [-0.25, -0.2) is 9.78 Å². The summed E-state index contributed by atoms with van der Waals surface area (Å²) in [5.41, 5.74) is 0. The highest BCUT2D eigenvalue weighted by Crippen LogP contribution is 2.45. The number of anilines is 1. The Morgan fingerprint density at radius 1 is 1.56 bits per heavy atom. The number of rotatable bonds is 3. The summed E-state index contributed by atoms with van der Waals surface area (Å²) >= 11 is 1.22. The molecule has 0 saturated heterocycles. The zero-order chi connectivity index (χ0) is 13.1. The maximum Gasteiger partial charge on any atom is 0.414 e. The summed E-state index contributed by atoms with van der Waals surface area (Å²) in [6.45, 7) is 1.82. The predicted molar refractivity (Wildman–Crippen MR) is 63.8 cm³/mol. The van der Waals surface area contributed by atoms with Crippen molar-refractivity contribution >= 4 is 23.3 Å². The van der Waals surface area contributed by atoms with Crippen LogP contribution in [-0.2, 0) is 4.74 Å². The first-order chi connectivity index (χ1) is 8.63. The third-order valence-corrected chi connectivity index (χ3v) is 2.75. The standard InChI is InChI=1S/C10H10N2O5S/c1-2-16-10(15)12-8-6(14)5(13)7(17-8)9-11-3-4-18-9/h3-4,13-14H,2H2,1H3,(H,12,15). The number of aromatic nitrogens is 1. The van der Waals surface area contributed by atoms with Crippen LogP contribution in [0, 0.1) is 0 Å². The van der Waals surface area contributed by atoms with Gasteiger partial charge in [-0.1, -0.05) is 0 Å². The molecule has 0 aromatic carbocycles. The Morgan fingerprint density at radius 3 is 2.94 bits per heavy atom. The first-order valence-electron chi connectivity index (χ1n) is 5.01. The van der Waals surface area contributed by atoms with Gasteiger partial charge < -0.3 is 19.4 Å². The van der Waals surface area contributed by atoms with Crippen LogP contribution in [0.4, 0.5) is 10.7 Å². The molecule has 0 atom stereocenters. The largest absolute Gasteiger partial charge is 0.501 e. The molecule has 8 heteroatoms. The minimum absolute atomic E-state index is 0.00528. The van der Waals surface area contributed by atoms with E-state index in [4.69, 9.17) is 4.42 Å². The number of aromatic hydroxyl groups is 2.